The van der Waals surface area contributed by atoms with Gasteiger partial charge in [0.15, 0.2) is 0 Å². The van der Waals surface area contributed by atoms with Crippen LogP contribution in [0.5, 0.6) is 0 Å². The average molecular weight is 301 g/mol. The van der Waals surface area contributed by atoms with Gasteiger partial charge in [-0.3, -0.25) is 4.79 Å². The summed E-state index contributed by atoms with van der Waals surface area (Å²) in [5.41, 5.74) is 0. The number of hydrogen-bond donors (Lipinski definition) is 2. The fraction of sp³-hybridized carbons (Fsp3) is 0.538. The first-order valence-corrected chi connectivity index (χ1v) is 8.20. The first-order chi connectivity index (χ1) is 9.04. The van der Waals surface area contributed by atoms with Crippen LogP contribution in [0.2, 0.25) is 0 Å². The standard InChI is InChI=1S/C13H19NO3S2/c1-3-9(2)12(13(16)17)14-11(15)8-18-7-10-5-4-6-19-10/h4-6,9,12H,3,7-8H2,1-2H3,(H,14,15)(H,16,17). The van der Waals surface area contributed by atoms with Crippen LogP contribution in [0.3, 0.4) is 0 Å². The highest BCUT2D eigenvalue weighted by Crippen LogP contribution is 2.17. The zero-order chi connectivity index (χ0) is 14.3. The molecule has 4 nitrogen and oxygen atoms in total. The van der Waals surface area contributed by atoms with E-state index >= 15 is 0 Å². The zero-order valence-corrected chi connectivity index (χ0v) is 12.7. The summed E-state index contributed by atoms with van der Waals surface area (Å²) in [6.45, 7) is 3.75. The number of hydrogen-bond acceptors (Lipinski definition) is 4. The van der Waals surface area contributed by atoms with Gasteiger partial charge in [-0.1, -0.05) is 26.3 Å². The number of carboxylic acids is 1. The minimum atomic E-state index is -0.967. The average Bonchev–Trinajstić information content (AvgIpc) is 2.87. The fourth-order valence-corrected chi connectivity index (χ4v) is 3.22. The molecule has 6 heteroatoms. The van der Waals surface area contributed by atoms with Crippen LogP contribution in [-0.2, 0) is 15.3 Å². The number of nitrogens with one attached hydrogen (secondary N) is 1. The summed E-state index contributed by atoms with van der Waals surface area (Å²) >= 11 is 3.15. The van der Waals surface area contributed by atoms with Gasteiger partial charge in [-0.2, -0.15) is 0 Å². The lowest BCUT2D eigenvalue weighted by molar-refractivity contribution is -0.143. The van der Waals surface area contributed by atoms with E-state index in [-0.39, 0.29) is 17.6 Å². The van der Waals surface area contributed by atoms with Crippen molar-refractivity contribution in [3.8, 4) is 0 Å². The number of thiophene rings is 1. The molecule has 0 spiro atoms. The van der Waals surface area contributed by atoms with Gasteiger partial charge in [0.25, 0.3) is 0 Å². The number of thioether (sulfide) groups is 1. The van der Waals surface area contributed by atoms with Gasteiger partial charge in [0.2, 0.25) is 5.91 Å². The number of amides is 1. The van der Waals surface area contributed by atoms with E-state index < -0.39 is 12.0 Å². The molecule has 0 fully saturated rings. The number of carboxylic acid groups (broad SMARTS) is 1. The van der Waals surface area contributed by atoms with Crippen molar-refractivity contribution in [2.24, 2.45) is 5.92 Å². The summed E-state index contributed by atoms with van der Waals surface area (Å²) in [6, 6.07) is 3.21. The summed E-state index contributed by atoms with van der Waals surface area (Å²) in [5, 5.41) is 13.7. The van der Waals surface area contributed by atoms with E-state index in [1.54, 1.807) is 11.3 Å². The molecule has 1 aromatic heterocycles. The van der Waals surface area contributed by atoms with Gasteiger partial charge in [0, 0.05) is 10.6 Å². The second-order valence-electron chi connectivity index (χ2n) is 4.34. The molecule has 1 rings (SSSR count). The Morgan fingerprint density at radius 1 is 1.53 bits per heavy atom. The lowest BCUT2D eigenvalue weighted by Gasteiger charge is -2.19. The van der Waals surface area contributed by atoms with Crippen molar-refractivity contribution in [3.05, 3.63) is 22.4 Å². The Morgan fingerprint density at radius 3 is 2.79 bits per heavy atom. The molecular weight excluding hydrogens is 282 g/mol. The third-order valence-electron chi connectivity index (χ3n) is 2.85. The predicted molar refractivity (Wildman–Crippen MR) is 79.5 cm³/mol. The van der Waals surface area contributed by atoms with Crippen LogP contribution in [0, 0.1) is 5.92 Å². The minimum absolute atomic E-state index is 0.0660. The Bertz CT molecular complexity index is 406. The molecule has 0 saturated heterocycles. The van der Waals surface area contributed by atoms with Crippen molar-refractivity contribution < 1.29 is 14.7 Å². The largest absolute Gasteiger partial charge is 0.480 e. The van der Waals surface area contributed by atoms with Gasteiger partial charge in [-0.15, -0.1) is 23.1 Å². The van der Waals surface area contributed by atoms with Crippen molar-refractivity contribution in [2.45, 2.75) is 32.1 Å². The maximum Gasteiger partial charge on any atom is 0.326 e. The Labute approximate surface area is 121 Å². The normalized spacial score (nSPS) is 13.8. The summed E-state index contributed by atoms with van der Waals surface area (Å²) in [4.78, 5) is 24.0. The van der Waals surface area contributed by atoms with E-state index in [1.165, 1.54) is 16.6 Å². The zero-order valence-electron chi connectivity index (χ0n) is 11.1. The molecule has 1 amide bonds. The number of rotatable bonds is 8. The Balaban J connectivity index is 2.34. The van der Waals surface area contributed by atoms with Crippen molar-refractivity contribution in [3.63, 3.8) is 0 Å². The summed E-state index contributed by atoms with van der Waals surface area (Å²) in [7, 11) is 0. The predicted octanol–water partition coefficient (Wildman–Crippen LogP) is 2.60. The highest BCUT2D eigenvalue weighted by atomic mass is 32.2. The molecule has 1 heterocycles. The lowest BCUT2D eigenvalue weighted by Crippen LogP contribution is -2.45. The number of carbonyl (C=O) groups excluding carboxylic acids is 1. The molecule has 0 aliphatic carbocycles. The fourth-order valence-electron chi connectivity index (χ4n) is 1.54. The minimum Gasteiger partial charge on any atom is -0.480 e. The van der Waals surface area contributed by atoms with Crippen molar-refractivity contribution in [2.75, 3.05) is 5.75 Å². The SMILES string of the molecule is CCC(C)C(NC(=O)CSCc1cccs1)C(=O)O. The van der Waals surface area contributed by atoms with Crippen LogP contribution >= 0.6 is 23.1 Å². The van der Waals surface area contributed by atoms with E-state index in [0.717, 1.165) is 12.2 Å². The Kier molecular flexibility index (Phi) is 6.94. The monoisotopic (exact) mass is 301 g/mol. The molecular formula is C13H19NO3S2. The molecule has 2 atom stereocenters. The molecule has 0 aliphatic heterocycles. The van der Waals surface area contributed by atoms with Gasteiger partial charge < -0.3 is 10.4 Å². The first-order valence-electron chi connectivity index (χ1n) is 6.16. The highest BCUT2D eigenvalue weighted by Gasteiger charge is 2.24. The molecule has 0 bridgehead atoms. The third-order valence-corrected chi connectivity index (χ3v) is 4.89. The molecule has 19 heavy (non-hydrogen) atoms. The van der Waals surface area contributed by atoms with Crippen molar-refractivity contribution in [1.29, 1.82) is 0 Å². The second kappa shape index (κ2) is 8.22. The lowest BCUT2D eigenvalue weighted by atomic mass is 9.99. The molecule has 2 N–H and O–H groups in total. The van der Waals surface area contributed by atoms with Crippen molar-refractivity contribution in [1.82, 2.24) is 5.32 Å². The smallest absolute Gasteiger partial charge is 0.326 e. The van der Waals surface area contributed by atoms with Gasteiger partial charge in [0.05, 0.1) is 5.75 Å². The van der Waals surface area contributed by atoms with E-state index in [2.05, 4.69) is 5.32 Å². The van der Waals surface area contributed by atoms with Gasteiger partial charge in [0.1, 0.15) is 6.04 Å². The highest BCUT2D eigenvalue weighted by molar-refractivity contribution is 7.99. The van der Waals surface area contributed by atoms with E-state index in [1.807, 2.05) is 31.4 Å². The number of carbonyl (C=O) groups is 2. The molecule has 2 unspecified atom stereocenters. The third kappa shape index (κ3) is 5.65. The van der Waals surface area contributed by atoms with Gasteiger partial charge >= 0.3 is 5.97 Å². The van der Waals surface area contributed by atoms with Crippen LogP contribution in [0.4, 0.5) is 0 Å². The molecule has 0 aliphatic rings. The topological polar surface area (TPSA) is 66.4 Å². The van der Waals surface area contributed by atoms with Gasteiger partial charge in [-0.05, 0) is 17.4 Å². The van der Waals surface area contributed by atoms with E-state index in [0.29, 0.717) is 0 Å². The first kappa shape index (κ1) is 16.0. The van der Waals surface area contributed by atoms with Crippen LogP contribution < -0.4 is 5.32 Å². The van der Waals surface area contributed by atoms with E-state index in [4.69, 9.17) is 5.11 Å². The number of aliphatic carboxylic acids is 1. The molecule has 1 aromatic rings. The molecule has 0 aromatic carbocycles. The van der Waals surface area contributed by atoms with Crippen molar-refractivity contribution >= 4 is 35.0 Å². The summed E-state index contributed by atoms with van der Waals surface area (Å²) < 4.78 is 0. The van der Waals surface area contributed by atoms with Crippen LogP contribution in [0.1, 0.15) is 25.1 Å². The van der Waals surface area contributed by atoms with Gasteiger partial charge in [-0.25, -0.2) is 4.79 Å². The summed E-state index contributed by atoms with van der Waals surface area (Å²) in [6.07, 6.45) is 0.722. The molecule has 0 saturated carbocycles. The molecule has 0 radical (unpaired) electrons. The Hall–Kier alpha value is -1.01. The quantitative estimate of drug-likeness (QED) is 0.774. The van der Waals surface area contributed by atoms with Crippen LogP contribution in [0.25, 0.3) is 0 Å². The summed E-state index contributed by atoms with van der Waals surface area (Å²) in [5.74, 6) is -0.173. The van der Waals surface area contributed by atoms with Crippen LogP contribution in [-0.4, -0.2) is 28.8 Å². The maximum atomic E-state index is 11.7. The molecule has 106 valence electrons. The Morgan fingerprint density at radius 2 is 2.26 bits per heavy atom. The van der Waals surface area contributed by atoms with Crippen LogP contribution in [0.15, 0.2) is 17.5 Å². The van der Waals surface area contributed by atoms with E-state index in [9.17, 15) is 9.59 Å². The second-order valence-corrected chi connectivity index (χ2v) is 6.36. The maximum absolute atomic E-state index is 11.7.